The van der Waals surface area contributed by atoms with Crippen LogP contribution in [0.2, 0.25) is 0 Å². The second-order valence-corrected chi connectivity index (χ2v) is 8.97. The van der Waals surface area contributed by atoms with E-state index in [2.05, 4.69) is 51.6 Å². The summed E-state index contributed by atoms with van der Waals surface area (Å²) in [5, 5.41) is 5.76. The van der Waals surface area contributed by atoms with Gasteiger partial charge in [0.2, 0.25) is 5.91 Å². The average molecular weight is 429 g/mol. The first-order chi connectivity index (χ1) is 14.5. The minimum absolute atomic E-state index is 0.0270. The van der Waals surface area contributed by atoms with Crippen LogP contribution in [0.3, 0.4) is 0 Å². The molecule has 0 bridgehead atoms. The molecule has 7 heteroatoms. The minimum Gasteiger partial charge on any atom is -0.369 e. The zero-order chi connectivity index (χ0) is 21.3. The fraction of sp³-hybridized carbons (Fsp3) is 0.478. The van der Waals surface area contributed by atoms with Crippen LogP contribution in [-0.4, -0.2) is 56.0 Å². The van der Waals surface area contributed by atoms with E-state index in [4.69, 9.17) is 0 Å². The molecule has 0 aliphatic carbocycles. The highest BCUT2D eigenvalue weighted by Gasteiger charge is 2.17. The first-order valence-electron chi connectivity index (χ1n) is 10.7. The quantitative estimate of drug-likeness (QED) is 0.603. The molecular weight excluding hydrogens is 396 g/mol. The molecule has 2 N–H and O–H groups in total. The lowest BCUT2D eigenvalue weighted by Crippen LogP contribution is -2.46. The van der Waals surface area contributed by atoms with Gasteiger partial charge >= 0.3 is 0 Å². The molecule has 1 aliphatic rings. The van der Waals surface area contributed by atoms with Crippen molar-refractivity contribution in [3.05, 3.63) is 51.7 Å². The molecule has 1 aliphatic heterocycles. The van der Waals surface area contributed by atoms with Crippen molar-refractivity contribution in [1.82, 2.24) is 15.5 Å². The molecular formula is C23H32N4O2S. The van der Waals surface area contributed by atoms with Gasteiger partial charge in [-0.05, 0) is 56.1 Å². The number of nitrogens with one attached hydrogen (secondary N) is 2. The summed E-state index contributed by atoms with van der Waals surface area (Å²) in [6.07, 6.45) is 2.07. The SMILES string of the molecule is CC(=O)NCc1ccc(C(=O)NCCCCN2CCN(c3cccc(C)c3)CC2)s1. The van der Waals surface area contributed by atoms with Crippen LogP contribution in [0.4, 0.5) is 5.69 Å². The van der Waals surface area contributed by atoms with Crippen LogP contribution in [-0.2, 0) is 11.3 Å². The van der Waals surface area contributed by atoms with E-state index in [-0.39, 0.29) is 11.8 Å². The van der Waals surface area contributed by atoms with E-state index in [0.29, 0.717) is 18.0 Å². The number of amides is 2. The van der Waals surface area contributed by atoms with Crippen molar-refractivity contribution in [2.24, 2.45) is 0 Å². The van der Waals surface area contributed by atoms with Crippen LogP contribution in [0.15, 0.2) is 36.4 Å². The number of rotatable bonds is 9. The van der Waals surface area contributed by atoms with Gasteiger partial charge in [0.15, 0.2) is 0 Å². The highest BCUT2D eigenvalue weighted by Crippen LogP contribution is 2.18. The highest BCUT2D eigenvalue weighted by molar-refractivity contribution is 7.14. The fourth-order valence-corrected chi connectivity index (χ4v) is 4.47. The van der Waals surface area contributed by atoms with Crippen molar-refractivity contribution in [3.8, 4) is 0 Å². The maximum absolute atomic E-state index is 12.3. The lowest BCUT2D eigenvalue weighted by atomic mass is 10.2. The molecule has 6 nitrogen and oxygen atoms in total. The van der Waals surface area contributed by atoms with Gasteiger partial charge in [0.25, 0.3) is 5.91 Å². The molecule has 0 unspecified atom stereocenters. The van der Waals surface area contributed by atoms with E-state index in [1.54, 1.807) is 0 Å². The van der Waals surface area contributed by atoms with E-state index in [9.17, 15) is 9.59 Å². The lowest BCUT2D eigenvalue weighted by Gasteiger charge is -2.36. The Labute approximate surface area is 183 Å². The summed E-state index contributed by atoms with van der Waals surface area (Å²) in [7, 11) is 0. The van der Waals surface area contributed by atoms with Crippen LogP contribution in [0.5, 0.6) is 0 Å². The summed E-state index contributed by atoms with van der Waals surface area (Å²) in [5.74, 6) is -0.0909. The number of aryl methyl sites for hydroxylation is 1. The lowest BCUT2D eigenvalue weighted by molar-refractivity contribution is -0.119. The molecule has 0 radical (unpaired) electrons. The molecule has 3 rings (SSSR count). The molecule has 0 saturated carbocycles. The van der Waals surface area contributed by atoms with Gasteiger partial charge in [-0.15, -0.1) is 11.3 Å². The summed E-state index contributed by atoms with van der Waals surface area (Å²) in [4.78, 5) is 29.9. The van der Waals surface area contributed by atoms with Crippen molar-refractivity contribution in [1.29, 1.82) is 0 Å². The maximum Gasteiger partial charge on any atom is 0.261 e. The molecule has 1 saturated heterocycles. The zero-order valence-corrected chi connectivity index (χ0v) is 18.8. The summed E-state index contributed by atoms with van der Waals surface area (Å²) in [5.41, 5.74) is 2.63. The van der Waals surface area contributed by atoms with Crippen LogP contribution in [0, 0.1) is 6.92 Å². The van der Waals surface area contributed by atoms with Gasteiger partial charge in [-0.25, -0.2) is 0 Å². The second-order valence-electron chi connectivity index (χ2n) is 7.81. The summed E-state index contributed by atoms with van der Waals surface area (Å²) < 4.78 is 0. The van der Waals surface area contributed by atoms with Gasteiger partial charge in [-0.2, -0.15) is 0 Å². The van der Waals surface area contributed by atoms with Crippen molar-refractivity contribution < 1.29 is 9.59 Å². The number of benzene rings is 1. The minimum atomic E-state index is -0.0639. The molecule has 1 aromatic carbocycles. The van der Waals surface area contributed by atoms with E-state index in [0.717, 1.165) is 50.4 Å². The first-order valence-corrected chi connectivity index (χ1v) is 11.5. The Morgan fingerprint density at radius 2 is 1.83 bits per heavy atom. The third-order valence-electron chi connectivity index (χ3n) is 5.32. The highest BCUT2D eigenvalue weighted by atomic mass is 32.1. The Balaban J connectivity index is 1.29. The van der Waals surface area contributed by atoms with Crippen LogP contribution in [0.25, 0.3) is 0 Å². The Bertz CT molecular complexity index is 843. The molecule has 2 amide bonds. The van der Waals surface area contributed by atoms with Crippen LogP contribution >= 0.6 is 11.3 Å². The molecule has 30 heavy (non-hydrogen) atoms. The second kappa shape index (κ2) is 11.1. The molecule has 0 spiro atoms. The van der Waals surface area contributed by atoms with Crippen molar-refractivity contribution in [3.63, 3.8) is 0 Å². The topological polar surface area (TPSA) is 64.7 Å². The smallest absolute Gasteiger partial charge is 0.261 e. The molecule has 2 heterocycles. The molecule has 2 aromatic rings. The summed E-state index contributed by atoms with van der Waals surface area (Å²) >= 11 is 1.43. The number of thiophene rings is 1. The number of hydrogen-bond acceptors (Lipinski definition) is 5. The van der Waals surface area contributed by atoms with Gasteiger partial charge in [0, 0.05) is 50.2 Å². The van der Waals surface area contributed by atoms with E-state index in [1.807, 2.05) is 12.1 Å². The van der Waals surface area contributed by atoms with Crippen molar-refractivity contribution in [2.75, 3.05) is 44.2 Å². The molecule has 1 aromatic heterocycles. The Kier molecular flexibility index (Phi) is 8.28. The van der Waals surface area contributed by atoms with Crippen LogP contribution < -0.4 is 15.5 Å². The molecule has 0 atom stereocenters. The Morgan fingerprint density at radius 3 is 2.57 bits per heavy atom. The van der Waals surface area contributed by atoms with Gasteiger partial charge in [-0.1, -0.05) is 12.1 Å². The normalized spacial score (nSPS) is 14.5. The van der Waals surface area contributed by atoms with Gasteiger partial charge in [0.05, 0.1) is 11.4 Å². The average Bonchev–Trinajstić information content (AvgIpc) is 3.21. The largest absolute Gasteiger partial charge is 0.369 e. The van der Waals surface area contributed by atoms with E-state index in [1.165, 1.54) is 29.5 Å². The predicted octanol–water partition coefficient (Wildman–Crippen LogP) is 3.02. The standard InChI is InChI=1S/C23H32N4O2S/c1-18-6-5-7-20(16-18)27-14-12-26(13-15-27)11-4-3-10-24-23(29)22-9-8-21(30-22)17-25-19(2)28/h5-9,16H,3-4,10-15,17H2,1-2H3,(H,24,29)(H,25,28). The number of hydrogen-bond donors (Lipinski definition) is 2. The van der Waals surface area contributed by atoms with E-state index < -0.39 is 0 Å². The number of unbranched alkanes of at least 4 members (excludes halogenated alkanes) is 1. The van der Waals surface area contributed by atoms with Gasteiger partial charge in [0.1, 0.15) is 0 Å². The van der Waals surface area contributed by atoms with Crippen molar-refractivity contribution >= 4 is 28.8 Å². The monoisotopic (exact) mass is 428 g/mol. The Morgan fingerprint density at radius 1 is 1.03 bits per heavy atom. The molecule has 1 fully saturated rings. The number of piperazine rings is 1. The third kappa shape index (κ3) is 6.85. The number of anilines is 1. The van der Waals surface area contributed by atoms with E-state index >= 15 is 0 Å². The molecule has 162 valence electrons. The van der Waals surface area contributed by atoms with Crippen molar-refractivity contribution in [2.45, 2.75) is 33.2 Å². The van der Waals surface area contributed by atoms with Gasteiger partial charge in [-0.3, -0.25) is 14.5 Å². The number of carbonyl (C=O) groups excluding carboxylic acids is 2. The van der Waals surface area contributed by atoms with Crippen LogP contribution in [0.1, 0.15) is 39.9 Å². The first kappa shape index (κ1) is 22.3. The number of carbonyl (C=O) groups is 2. The zero-order valence-electron chi connectivity index (χ0n) is 17.9. The van der Waals surface area contributed by atoms with Gasteiger partial charge < -0.3 is 15.5 Å². The summed E-state index contributed by atoms with van der Waals surface area (Å²) in [6, 6.07) is 12.4. The predicted molar refractivity (Wildman–Crippen MR) is 123 cm³/mol. The maximum atomic E-state index is 12.3. The summed E-state index contributed by atoms with van der Waals surface area (Å²) in [6.45, 7) is 10.2. The fourth-order valence-electron chi connectivity index (χ4n) is 3.61. The number of nitrogens with zero attached hydrogens (tertiary/aromatic N) is 2. The third-order valence-corrected chi connectivity index (χ3v) is 6.41. The Hall–Kier alpha value is -2.38.